The van der Waals surface area contributed by atoms with Gasteiger partial charge in [0, 0.05) is 23.7 Å². The topological polar surface area (TPSA) is 105 Å². The van der Waals surface area contributed by atoms with Crippen LogP contribution < -0.4 is 0 Å². The first-order chi connectivity index (χ1) is 10.5. The van der Waals surface area contributed by atoms with Crippen molar-refractivity contribution in [2.75, 3.05) is 26.4 Å². The second-order valence-electron chi connectivity index (χ2n) is 3.21. The highest BCUT2D eigenvalue weighted by atomic mass is 16.6. The predicted molar refractivity (Wildman–Crippen MR) is 70.7 cm³/mol. The first-order valence-electron chi connectivity index (χ1n) is 6.20. The maximum absolute atomic E-state index is 11.1. The van der Waals surface area contributed by atoms with E-state index in [9.17, 15) is 19.2 Å². The van der Waals surface area contributed by atoms with Gasteiger partial charge in [0.25, 0.3) is 0 Å². The Labute approximate surface area is 127 Å². The van der Waals surface area contributed by atoms with Gasteiger partial charge in [-0.2, -0.15) is 0 Å². The average molecular weight is 310 g/mol. The van der Waals surface area contributed by atoms with Gasteiger partial charge in [-0.05, 0) is 13.8 Å². The van der Waals surface area contributed by atoms with Gasteiger partial charge in [0.1, 0.15) is 13.2 Å². The fourth-order valence-corrected chi connectivity index (χ4v) is 0.879. The molecule has 118 valence electrons. The first-order valence-corrected chi connectivity index (χ1v) is 6.20. The molecule has 22 heavy (non-hydrogen) atoms. The van der Waals surface area contributed by atoms with Gasteiger partial charge in [-0.25, -0.2) is 19.2 Å². The van der Waals surface area contributed by atoms with Gasteiger partial charge in [-0.1, -0.05) is 0 Å². The Morgan fingerprint density at radius 1 is 0.591 bits per heavy atom. The Morgan fingerprint density at radius 2 is 0.864 bits per heavy atom. The van der Waals surface area contributed by atoms with Gasteiger partial charge in [0.05, 0.1) is 13.2 Å². The Morgan fingerprint density at radius 3 is 1.14 bits per heavy atom. The smallest absolute Gasteiger partial charge is 0.385 e. The third-order valence-corrected chi connectivity index (χ3v) is 1.63. The number of esters is 4. The molecule has 0 aromatic heterocycles. The van der Waals surface area contributed by atoms with Crippen LogP contribution in [0.4, 0.5) is 0 Å². The van der Waals surface area contributed by atoms with Gasteiger partial charge >= 0.3 is 23.9 Å². The lowest BCUT2D eigenvalue weighted by molar-refractivity contribution is -0.145. The lowest BCUT2D eigenvalue weighted by atomic mass is 10.5. The average Bonchev–Trinajstić information content (AvgIpc) is 2.48. The van der Waals surface area contributed by atoms with E-state index in [0.29, 0.717) is 0 Å². The molecule has 0 unspecified atom stereocenters. The minimum Gasteiger partial charge on any atom is -0.456 e. The van der Waals surface area contributed by atoms with Crippen LogP contribution in [0.25, 0.3) is 0 Å². The van der Waals surface area contributed by atoms with Gasteiger partial charge < -0.3 is 18.9 Å². The molecule has 0 radical (unpaired) electrons. The fraction of sp³-hybridized carbons (Fsp3) is 0.429. The molecule has 0 saturated carbocycles. The molecular weight excluding hydrogens is 296 g/mol. The monoisotopic (exact) mass is 310 g/mol. The molecule has 0 amide bonds. The highest BCUT2D eigenvalue weighted by Gasteiger charge is 2.02. The van der Waals surface area contributed by atoms with Crippen LogP contribution in [-0.2, 0) is 38.1 Å². The molecule has 0 spiro atoms. The lowest BCUT2D eigenvalue weighted by Gasteiger charge is -2.00. The van der Waals surface area contributed by atoms with Crippen LogP contribution in [0.1, 0.15) is 13.8 Å². The van der Waals surface area contributed by atoms with E-state index in [1.54, 1.807) is 13.8 Å². The normalized spacial score (nSPS) is 8.27. The maximum atomic E-state index is 11.1. The number of hydrogen-bond donors (Lipinski definition) is 0. The summed E-state index contributed by atoms with van der Waals surface area (Å²) in [6, 6.07) is 0. The van der Waals surface area contributed by atoms with E-state index in [4.69, 9.17) is 0 Å². The summed E-state index contributed by atoms with van der Waals surface area (Å²) in [7, 11) is 0. The summed E-state index contributed by atoms with van der Waals surface area (Å²) in [4.78, 5) is 43.7. The largest absolute Gasteiger partial charge is 0.456 e. The third-order valence-electron chi connectivity index (χ3n) is 1.63. The number of hydrogen-bond acceptors (Lipinski definition) is 8. The molecule has 0 aromatic carbocycles. The van der Waals surface area contributed by atoms with Gasteiger partial charge in [0.15, 0.2) is 0 Å². The van der Waals surface area contributed by atoms with E-state index >= 15 is 0 Å². The number of rotatable bonds is 5. The number of ether oxygens (including phenoxy) is 4. The lowest BCUT2D eigenvalue weighted by Crippen LogP contribution is -2.12. The molecule has 0 bridgehead atoms. The van der Waals surface area contributed by atoms with Crippen LogP contribution in [-0.4, -0.2) is 50.3 Å². The molecular formula is C14H14O8. The van der Waals surface area contributed by atoms with Crippen LogP contribution >= 0.6 is 0 Å². The molecule has 0 rings (SSSR count). The molecule has 0 fully saturated rings. The summed E-state index contributed by atoms with van der Waals surface area (Å²) in [5.41, 5.74) is 0. The zero-order chi connectivity index (χ0) is 16.8. The van der Waals surface area contributed by atoms with E-state index in [0.717, 1.165) is 0 Å². The SMILES string of the molecule is CCOC(=O)C#CC(=O)OCCOC(=O)C#CC(=O)OCC. The number of carbonyl (C=O) groups is 4. The van der Waals surface area contributed by atoms with E-state index < -0.39 is 23.9 Å². The summed E-state index contributed by atoms with van der Waals surface area (Å²) in [6.07, 6.45) is 0. The van der Waals surface area contributed by atoms with Gasteiger partial charge in [-0.3, -0.25) is 0 Å². The minimum absolute atomic E-state index is 0.144. The van der Waals surface area contributed by atoms with Crippen molar-refractivity contribution in [3.8, 4) is 23.7 Å². The Bertz CT molecular complexity index is 491. The molecule has 0 aliphatic heterocycles. The van der Waals surface area contributed by atoms with Crippen molar-refractivity contribution < 1.29 is 38.1 Å². The maximum Gasteiger partial charge on any atom is 0.385 e. The second kappa shape index (κ2) is 11.8. The summed E-state index contributed by atoms with van der Waals surface area (Å²) in [6.45, 7) is 2.93. The Hall–Kier alpha value is -3.00. The van der Waals surface area contributed by atoms with Crippen molar-refractivity contribution in [3.05, 3.63) is 0 Å². The standard InChI is InChI=1S/C14H14O8/c1-3-19-11(15)5-7-13(17)21-9-10-22-14(18)8-6-12(16)20-4-2/h3-4,9-10H2,1-2H3. The summed E-state index contributed by atoms with van der Waals surface area (Å²) in [5, 5.41) is 0. The molecule has 8 nitrogen and oxygen atoms in total. The molecule has 0 atom stereocenters. The third kappa shape index (κ3) is 10.9. The van der Waals surface area contributed by atoms with Gasteiger partial charge in [0.2, 0.25) is 0 Å². The summed E-state index contributed by atoms with van der Waals surface area (Å²) >= 11 is 0. The van der Waals surface area contributed by atoms with Crippen LogP contribution in [0.2, 0.25) is 0 Å². The fourth-order valence-electron chi connectivity index (χ4n) is 0.879. The molecule has 0 N–H and O–H groups in total. The van der Waals surface area contributed by atoms with E-state index in [2.05, 4.69) is 18.9 Å². The Balaban J connectivity index is 3.93. The van der Waals surface area contributed by atoms with Crippen LogP contribution in [0.5, 0.6) is 0 Å². The highest BCUT2D eigenvalue weighted by molar-refractivity contribution is 5.98. The van der Waals surface area contributed by atoms with E-state index in [-0.39, 0.29) is 26.4 Å². The highest BCUT2D eigenvalue weighted by Crippen LogP contribution is 1.83. The van der Waals surface area contributed by atoms with Crippen LogP contribution in [0.15, 0.2) is 0 Å². The van der Waals surface area contributed by atoms with Crippen LogP contribution in [0.3, 0.4) is 0 Å². The van der Waals surface area contributed by atoms with Crippen molar-refractivity contribution >= 4 is 23.9 Å². The second-order valence-corrected chi connectivity index (χ2v) is 3.21. The zero-order valence-electron chi connectivity index (χ0n) is 12.1. The van der Waals surface area contributed by atoms with Crippen molar-refractivity contribution in [1.82, 2.24) is 0 Å². The van der Waals surface area contributed by atoms with Crippen molar-refractivity contribution in [1.29, 1.82) is 0 Å². The van der Waals surface area contributed by atoms with Gasteiger partial charge in [-0.15, -0.1) is 0 Å². The predicted octanol–water partition coefficient (Wildman–Crippen LogP) is -0.794. The molecule has 0 heterocycles. The van der Waals surface area contributed by atoms with Crippen molar-refractivity contribution in [2.24, 2.45) is 0 Å². The molecule has 0 aliphatic rings. The number of carbonyl (C=O) groups excluding carboxylic acids is 4. The molecule has 0 aromatic rings. The van der Waals surface area contributed by atoms with E-state index in [1.807, 2.05) is 23.7 Å². The molecule has 0 saturated heterocycles. The summed E-state index contributed by atoms with van der Waals surface area (Å²) < 4.78 is 18.0. The summed E-state index contributed by atoms with van der Waals surface area (Å²) in [5.74, 6) is 3.97. The van der Waals surface area contributed by atoms with Crippen molar-refractivity contribution in [3.63, 3.8) is 0 Å². The Kier molecular flexibility index (Phi) is 10.2. The van der Waals surface area contributed by atoms with E-state index in [1.165, 1.54) is 0 Å². The zero-order valence-corrected chi connectivity index (χ0v) is 12.1. The van der Waals surface area contributed by atoms with Crippen molar-refractivity contribution in [2.45, 2.75) is 13.8 Å². The van der Waals surface area contributed by atoms with Crippen LogP contribution in [0, 0.1) is 23.7 Å². The minimum atomic E-state index is -0.971. The molecule has 8 heteroatoms. The molecule has 0 aliphatic carbocycles. The first kappa shape index (κ1) is 19.0. The quantitative estimate of drug-likeness (QED) is 0.214.